The van der Waals surface area contributed by atoms with Gasteiger partial charge < -0.3 is 61.1 Å². The molecule has 0 aliphatic rings. The van der Waals surface area contributed by atoms with E-state index >= 15 is 14.4 Å². The van der Waals surface area contributed by atoms with Gasteiger partial charge in [-0.15, -0.1) is 0 Å². The minimum atomic E-state index is -1.60. The van der Waals surface area contributed by atoms with Crippen molar-refractivity contribution in [2.24, 2.45) is 59.0 Å². The fourth-order valence-electron chi connectivity index (χ4n) is 11.6. The van der Waals surface area contributed by atoms with Gasteiger partial charge in [-0.1, -0.05) is 136 Å². The maximum Gasteiger partial charge on any atom is 0.246 e. The summed E-state index contributed by atoms with van der Waals surface area (Å²) in [6, 6.07) is -10.4. The summed E-state index contributed by atoms with van der Waals surface area (Å²) >= 11 is 0. The van der Waals surface area contributed by atoms with Crippen LogP contribution >= 0.6 is 0 Å². The molecule has 0 saturated carbocycles. The van der Waals surface area contributed by atoms with Gasteiger partial charge in [0.25, 0.3) is 0 Å². The molecule has 0 aliphatic carbocycles. The number of likely N-dealkylation sites (N-methyl/N-ethyl adjacent to an activating group) is 7. The number of amides is 11. The third-order valence-corrected chi connectivity index (χ3v) is 17.1. The number of carbonyl (C=O) groups is 11. The highest BCUT2D eigenvalue weighted by molar-refractivity contribution is 5.99. The third kappa shape index (κ3) is 25.2. The van der Waals surface area contributed by atoms with Crippen molar-refractivity contribution in [2.75, 3.05) is 55.9 Å². The smallest absolute Gasteiger partial charge is 0.246 e. The van der Waals surface area contributed by atoms with E-state index in [1.165, 1.54) is 73.7 Å². The molecule has 0 saturated heterocycles. The minimum absolute atomic E-state index is 0.0377. The normalized spacial score (nSPS) is 16.2. The molecular weight excluding hydrogens is 1150 g/mol. The second-order valence-corrected chi connectivity index (χ2v) is 27.9. The fraction of sp³-hybridized carbons (Fsp3) is 0.806. The number of nitrogens with zero attached hydrogens (tertiary/aromatic N) is 7. The van der Waals surface area contributed by atoms with Crippen LogP contribution < -0.4 is 21.7 Å². The van der Waals surface area contributed by atoms with Crippen molar-refractivity contribution in [1.82, 2.24) is 50.2 Å². The van der Waals surface area contributed by atoms with Crippen LogP contribution in [0.25, 0.3) is 0 Å². The van der Waals surface area contributed by atoms with Gasteiger partial charge in [-0.2, -0.15) is 0 Å². The first-order valence-electron chi connectivity index (χ1n) is 32.8. The van der Waals surface area contributed by atoms with Crippen molar-refractivity contribution in [3.8, 4) is 0 Å². The predicted octanol–water partition coefficient (Wildman–Crippen LogP) is 5.31. The first-order valence-corrected chi connectivity index (χ1v) is 32.8. The Labute approximate surface area is 541 Å². The summed E-state index contributed by atoms with van der Waals surface area (Å²) in [4.78, 5) is 165. The van der Waals surface area contributed by atoms with Crippen LogP contribution in [0.4, 0.5) is 0 Å². The lowest BCUT2D eigenvalue weighted by molar-refractivity contribution is -0.157. The number of primary amides is 1. The molecule has 0 aromatic rings. The quantitative estimate of drug-likeness (QED) is 0.0490. The number of hydrogen-bond acceptors (Lipinski definition) is 12. The van der Waals surface area contributed by atoms with Gasteiger partial charge in [0, 0.05) is 55.3 Å². The number of aliphatic hydroxyl groups excluding tert-OH is 1. The number of nitrogens with two attached hydrogens (primary N) is 1. The molecule has 0 radical (unpaired) electrons. The lowest BCUT2D eigenvalue weighted by Gasteiger charge is -2.41. The van der Waals surface area contributed by atoms with Gasteiger partial charge in [-0.3, -0.25) is 52.7 Å². The molecule has 13 atom stereocenters. The van der Waals surface area contributed by atoms with Gasteiger partial charge in [0.05, 0.1) is 12.6 Å². The zero-order valence-electron chi connectivity index (χ0n) is 60.1. The van der Waals surface area contributed by atoms with Gasteiger partial charge in [-0.05, 0) is 106 Å². The summed E-state index contributed by atoms with van der Waals surface area (Å²) in [5.74, 6) is -8.41. The largest absolute Gasteiger partial charge is 0.390 e. The zero-order valence-corrected chi connectivity index (χ0v) is 60.1. The van der Waals surface area contributed by atoms with Crippen molar-refractivity contribution in [1.29, 1.82) is 0 Å². The summed E-state index contributed by atoms with van der Waals surface area (Å²) in [7, 11) is 10.2. The van der Waals surface area contributed by atoms with Crippen LogP contribution in [0.1, 0.15) is 183 Å². The summed E-state index contributed by atoms with van der Waals surface area (Å²) < 4.78 is 0. The first-order chi connectivity index (χ1) is 41.5. The molecule has 0 fully saturated rings. The van der Waals surface area contributed by atoms with Crippen LogP contribution in [0, 0.1) is 53.3 Å². The summed E-state index contributed by atoms with van der Waals surface area (Å²) in [5, 5.41) is 20.5. The van der Waals surface area contributed by atoms with Crippen molar-refractivity contribution in [3.63, 3.8) is 0 Å². The third-order valence-electron chi connectivity index (χ3n) is 17.1. The molecule has 0 aliphatic heterocycles. The molecule has 11 amide bonds. The number of hydrogen-bond donors (Lipinski definition) is 5. The van der Waals surface area contributed by atoms with E-state index in [9.17, 15) is 43.5 Å². The van der Waals surface area contributed by atoms with Crippen LogP contribution in [0.3, 0.4) is 0 Å². The summed E-state index contributed by atoms with van der Waals surface area (Å²) in [6.07, 6.45) is 4.55. The Morgan fingerprint density at radius 2 is 0.867 bits per heavy atom. The Hall–Kier alpha value is -6.13. The van der Waals surface area contributed by atoms with Gasteiger partial charge >= 0.3 is 0 Å². The molecule has 0 bridgehead atoms. The van der Waals surface area contributed by atoms with Crippen LogP contribution in [0.5, 0.6) is 0 Å². The molecule has 0 aromatic heterocycles. The Bertz CT molecular complexity index is 2400. The maximum atomic E-state index is 15.2. The number of rotatable bonds is 39. The number of aliphatic hydroxyl groups is 1. The molecule has 6 N–H and O–H groups in total. The highest BCUT2D eigenvalue weighted by Crippen LogP contribution is 2.26. The van der Waals surface area contributed by atoms with E-state index in [4.69, 9.17) is 5.73 Å². The Balaban J connectivity index is 7.22. The fourth-order valence-corrected chi connectivity index (χ4v) is 11.6. The zero-order chi connectivity index (χ0) is 70.3. The molecule has 23 heteroatoms. The van der Waals surface area contributed by atoms with E-state index in [1.807, 2.05) is 89.2 Å². The highest BCUT2D eigenvalue weighted by Gasteiger charge is 2.45. The van der Waals surface area contributed by atoms with E-state index in [0.29, 0.717) is 25.7 Å². The van der Waals surface area contributed by atoms with E-state index < -0.39 is 138 Å². The van der Waals surface area contributed by atoms with E-state index in [0.717, 1.165) is 9.80 Å². The van der Waals surface area contributed by atoms with E-state index in [2.05, 4.69) is 16.0 Å². The number of allylic oxidation sites excluding steroid dienone is 2. The average Bonchev–Trinajstić information content (AvgIpc) is 0.938. The summed E-state index contributed by atoms with van der Waals surface area (Å²) in [6.45, 7) is 34.4. The molecule has 0 spiro atoms. The minimum Gasteiger partial charge on any atom is -0.390 e. The molecule has 0 heterocycles. The Morgan fingerprint density at radius 1 is 0.433 bits per heavy atom. The van der Waals surface area contributed by atoms with E-state index in [-0.39, 0.29) is 73.0 Å². The number of nitrogens with one attached hydrogen (secondary N) is 3. The Morgan fingerprint density at radius 3 is 1.30 bits per heavy atom. The molecule has 2 unspecified atom stereocenters. The monoisotopic (exact) mass is 1270 g/mol. The predicted molar refractivity (Wildman–Crippen MR) is 353 cm³/mol. The lowest BCUT2D eigenvalue weighted by atomic mass is 9.91. The summed E-state index contributed by atoms with van der Waals surface area (Å²) in [5.41, 5.74) is 5.66. The van der Waals surface area contributed by atoms with Gasteiger partial charge in [0.1, 0.15) is 54.4 Å². The van der Waals surface area contributed by atoms with Crippen LogP contribution in [-0.2, 0) is 52.7 Å². The van der Waals surface area contributed by atoms with Crippen LogP contribution in [0.2, 0.25) is 0 Å². The number of carbonyl (C=O) groups excluding carboxylic acids is 11. The topological polar surface area (TPSA) is 293 Å². The van der Waals surface area contributed by atoms with E-state index in [1.54, 1.807) is 54.7 Å². The molecule has 0 rings (SSSR count). The van der Waals surface area contributed by atoms with Gasteiger partial charge in [0.15, 0.2) is 0 Å². The van der Waals surface area contributed by atoms with Crippen molar-refractivity contribution in [3.05, 3.63) is 12.2 Å². The van der Waals surface area contributed by atoms with Crippen molar-refractivity contribution < 1.29 is 57.8 Å². The Kier molecular flexibility index (Phi) is 36.6. The molecule has 90 heavy (non-hydrogen) atoms. The maximum absolute atomic E-state index is 15.2. The second-order valence-electron chi connectivity index (χ2n) is 27.9. The standard InChI is InChI=1S/C67H123N11O12/c1-27-30-31-45(17)57(80)56(61(84)70-48(29-3)64(87)72(20)37-53(79)76(24)55(58(68)81)44(16)28-2)78(26)67(90)54(43(14)15)77(25)66(89)52(36-42(12)13)75(23)65(88)51(35-41(10)11)74(22)63(86)47(19)69-59(82)49(33-39(6)7)71-60(83)50(34-40(8)9)73(21)62(85)46(18)32-38(4)5/h27,30,38-52,54-57,80H,28-29,31-37H2,1-26H3,(H2,68,81)(H,69,82)(H,70,84)(H,71,83)/b30-27-/t44?,45-,46-,47+,48-,49-,50+,51+,52-,54+,55-,56?,57+/m1/s1. The highest BCUT2D eigenvalue weighted by atomic mass is 16.3. The second kappa shape index (κ2) is 39.3. The van der Waals surface area contributed by atoms with Crippen molar-refractivity contribution in [2.45, 2.75) is 243 Å². The SMILES string of the molecule is C/C=C\C[C@@H](C)[C@H](O)C(C(=O)N[C@H](CC)C(=O)N(C)CC(=O)N(C)[C@@H](C(N)=O)C(C)CC)N(C)C(=O)[C@H](C(C)C)N(C)C(=O)[C@@H](CC(C)C)N(C)C(=O)[C@H](CC(C)C)N(C)C(=O)[C@H](C)NC(=O)[C@@H](CC(C)C)NC(=O)[C@H](CC(C)C)N(C)C(=O)[C@H](C)CC(C)C. The van der Waals surface area contributed by atoms with Gasteiger partial charge in [0.2, 0.25) is 65.0 Å². The van der Waals surface area contributed by atoms with Gasteiger partial charge in [-0.25, -0.2) is 0 Å². The van der Waals surface area contributed by atoms with Crippen LogP contribution in [-0.4, -0.2) is 221 Å². The molecular formula is C67H123N11O12. The first kappa shape index (κ1) is 83.9. The molecule has 23 nitrogen and oxygen atoms in total. The molecule has 518 valence electrons. The average molecular weight is 1270 g/mol. The van der Waals surface area contributed by atoms with Crippen LogP contribution in [0.15, 0.2) is 12.2 Å². The lowest BCUT2D eigenvalue weighted by Crippen LogP contribution is -2.63. The molecule has 0 aromatic carbocycles. The van der Waals surface area contributed by atoms with Crippen molar-refractivity contribution >= 4 is 65.0 Å².